The van der Waals surface area contributed by atoms with Crippen molar-refractivity contribution in [3.05, 3.63) is 40.9 Å². The molecule has 0 saturated carbocycles. The summed E-state index contributed by atoms with van der Waals surface area (Å²) in [5.41, 5.74) is 0. The minimum absolute atomic E-state index is 0.448. The van der Waals surface area contributed by atoms with E-state index in [1.54, 1.807) is 12.1 Å². The van der Waals surface area contributed by atoms with Crippen molar-refractivity contribution in [1.82, 2.24) is 0 Å². The molecule has 23 heavy (non-hydrogen) atoms. The zero-order chi connectivity index (χ0) is 16.6. The molecule has 0 aliphatic carbocycles. The van der Waals surface area contributed by atoms with E-state index in [0.717, 1.165) is 15.2 Å². The van der Waals surface area contributed by atoms with Crippen LogP contribution >= 0.6 is 15.9 Å². The van der Waals surface area contributed by atoms with E-state index in [4.69, 9.17) is 9.47 Å². The lowest BCUT2D eigenvalue weighted by atomic mass is 9.99. The van der Waals surface area contributed by atoms with Crippen molar-refractivity contribution in [3.63, 3.8) is 0 Å². The fourth-order valence-electron chi connectivity index (χ4n) is 2.57. The summed E-state index contributed by atoms with van der Waals surface area (Å²) in [7, 11) is 0. The van der Waals surface area contributed by atoms with Gasteiger partial charge in [-0.3, -0.25) is 0 Å². The summed E-state index contributed by atoms with van der Waals surface area (Å²) in [5, 5.41) is 40.6. The van der Waals surface area contributed by atoms with Crippen LogP contribution in [0.25, 0.3) is 10.8 Å². The Bertz CT molecular complexity index is 691. The van der Waals surface area contributed by atoms with Crippen LogP contribution in [-0.2, 0) is 4.74 Å². The monoisotopic (exact) mass is 384 g/mol. The third kappa shape index (κ3) is 3.35. The molecular formula is C16H17BrO6. The minimum Gasteiger partial charge on any atom is -0.462 e. The van der Waals surface area contributed by atoms with Crippen molar-refractivity contribution in [2.45, 2.75) is 30.7 Å². The molecule has 6 nitrogen and oxygen atoms in total. The van der Waals surface area contributed by atoms with Gasteiger partial charge in [-0.05, 0) is 35.0 Å². The lowest BCUT2D eigenvalue weighted by Gasteiger charge is -2.39. The predicted molar refractivity (Wildman–Crippen MR) is 86.0 cm³/mol. The maximum Gasteiger partial charge on any atom is 0.229 e. The highest BCUT2D eigenvalue weighted by Gasteiger charge is 2.44. The van der Waals surface area contributed by atoms with Crippen LogP contribution in [0.1, 0.15) is 0 Å². The summed E-state index contributed by atoms with van der Waals surface area (Å²) in [6.45, 7) is -0.490. The van der Waals surface area contributed by atoms with Gasteiger partial charge in [-0.1, -0.05) is 28.1 Å². The standard InChI is InChI=1S/C16H17BrO6/c17-10-3-1-9-6-11(4-2-8(9)5-10)22-16-15(21)14(20)13(19)12(7-18)23-16/h1-6,12-16,18-21H,7H2/t12-,13+,14+,15-,16-/m0/s1. The Morgan fingerprint density at radius 3 is 2.39 bits per heavy atom. The van der Waals surface area contributed by atoms with Gasteiger partial charge in [0.1, 0.15) is 30.2 Å². The molecule has 2 aromatic rings. The molecule has 1 aliphatic rings. The van der Waals surface area contributed by atoms with Crippen LogP contribution < -0.4 is 4.74 Å². The van der Waals surface area contributed by atoms with Gasteiger partial charge in [0.05, 0.1) is 6.61 Å². The van der Waals surface area contributed by atoms with Crippen LogP contribution in [-0.4, -0.2) is 57.7 Å². The van der Waals surface area contributed by atoms with Crippen LogP contribution in [0.15, 0.2) is 40.9 Å². The summed E-state index contributed by atoms with van der Waals surface area (Å²) < 4.78 is 11.9. The number of fused-ring (bicyclic) bond motifs is 1. The highest BCUT2D eigenvalue weighted by atomic mass is 79.9. The molecule has 1 aliphatic heterocycles. The number of aliphatic hydroxyl groups excluding tert-OH is 4. The molecule has 2 aromatic carbocycles. The van der Waals surface area contributed by atoms with E-state index in [-0.39, 0.29) is 0 Å². The molecule has 0 aromatic heterocycles. The van der Waals surface area contributed by atoms with Gasteiger partial charge in [-0.25, -0.2) is 0 Å². The van der Waals surface area contributed by atoms with E-state index in [0.29, 0.717) is 5.75 Å². The topological polar surface area (TPSA) is 99.4 Å². The van der Waals surface area contributed by atoms with Crippen LogP contribution in [0.2, 0.25) is 0 Å². The molecule has 0 radical (unpaired) electrons. The van der Waals surface area contributed by atoms with Crippen molar-refractivity contribution in [2.24, 2.45) is 0 Å². The molecule has 0 bridgehead atoms. The maximum absolute atomic E-state index is 9.98. The zero-order valence-electron chi connectivity index (χ0n) is 12.0. The lowest BCUT2D eigenvalue weighted by molar-refractivity contribution is -0.277. The number of hydrogen-bond donors (Lipinski definition) is 4. The third-order valence-electron chi connectivity index (χ3n) is 3.87. The second kappa shape index (κ2) is 6.72. The predicted octanol–water partition coefficient (Wildman–Crippen LogP) is 0.781. The van der Waals surface area contributed by atoms with Crippen LogP contribution in [0.4, 0.5) is 0 Å². The highest BCUT2D eigenvalue weighted by Crippen LogP contribution is 2.28. The van der Waals surface area contributed by atoms with Gasteiger partial charge in [-0.2, -0.15) is 0 Å². The SMILES string of the molecule is OC[C@@H]1O[C@H](Oc2ccc3cc(Br)ccc3c2)[C@@H](O)[C@H](O)[C@@H]1O. The van der Waals surface area contributed by atoms with Crippen LogP contribution in [0.3, 0.4) is 0 Å². The Morgan fingerprint density at radius 2 is 1.65 bits per heavy atom. The third-order valence-corrected chi connectivity index (χ3v) is 4.37. The van der Waals surface area contributed by atoms with Crippen molar-refractivity contribution >= 4 is 26.7 Å². The fraction of sp³-hybridized carbons (Fsp3) is 0.375. The molecule has 3 rings (SSSR count). The molecule has 1 heterocycles. The summed E-state index contributed by atoms with van der Waals surface area (Å²) in [6, 6.07) is 11.1. The number of halogens is 1. The van der Waals surface area contributed by atoms with Gasteiger partial charge in [0.15, 0.2) is 0 Å². The molecule has 0 spiro atoms. The summed E-state index contributed by atoms with van der Waals surface area (Å²) >= 11 is 3.41. The largest absolute Gasteiger partial charge is 0.462 e. The molecular weight excluding hydrogens is 368 g/mol. The average molecular weight is 385 g/mol. The molecule has 7 heteroatoms. The van der Waals surface area contributed by atoms with E-state index in [2.05, 4.69) is 15.9 Å². The van der Waals surface area contributed by atoms with Gasteiger partial charge in [-0.15, -0.1) is 0 Å². The van der Waals surface area contributed by atoms with Crippen molar-refractivity contribution in [1.29, 1.82) is 0 Å². The van der Waals surface area contributed by atoms with Gasteiger partial charge in [0, 0.05) is 4.47 Å². The number of benzene rings is 2. The van der Waals surface area contributed by atoms with Crippen LogP contribution in [0, 0.1) is 0 Å². The van der Waals surface area contributed by atoms with Gasteiger partial charge in [0.2, 0.25) is 6.29 Å². The Kier molecular flexibility index (Phi) is 4.86. The number of hydrogen-bond acceptors (Lipinski definition) is 6. The second-order valence-corrected chi connectivity index (χ2v) is 6.38. The molecule has 124 valence electrons. The second-order valence-electron chi connectivity index (χ2n) is 5.47. The van der Waals surface area contributed by atoms with Gasteiger partial charge in [0.25, 0.3) is 0 Å². The molecule has 0 unspecified atom stereocenters. The number of rotatable bonds is 3. The minimum atomic E-state index is -1.46. The quantitative estimate of drug-likeness (QED) is 0.624. The van der Waals surface area contributed by atoms with E-state index in [1.807, 2.05) is 24.3 Å². The molecule has 1 fully saturated rings. The highest BCUT2D eigenvalue weighted by molar-refractivity contribution is 9.10. The Hall–Kier alpha value is -1.22. The Morgan fingerprint density at radius 1 is 0.957 bits per heavy atom. The van der Waals surface area contributed by atoms with E-state index >= 15 is 0 Å². The first-order valence-electron chi connectivity index (χ1n) is 7.16. The smallest absolute Gasteiger partial charge is 0.229 e. The first-order valence-corrected chi connectivity index (χ1v) is 7.95. The first-order chi connectivity index (χ1) is 11.0. The zero-order valence-corrected chi connectivity index (χ0v) is 13.6. The normalized spacial score (nSPS) is 31.3. The van der Waals surface area contributed by atoms with E-state index < -0.39 is 37.3 Å². The summed E-state index contributed by atoms with van der Waals surface area (Å²) in [5.74, 6) is 0.448. The number of ether oxygens (including phenoxy) is 2. The van der Waals surface area contributed by atoms with Crippen molar-refractivity contribution < 1.29 is 29.9 Å². The van der Waals surface area contributed by atoms with Crippen molar-refractivity contribution in [3.8, 4) is 5.75 Å². The van der Waals surface area contributed by atoms with E-state index in [9.17, 15) is 20.4 Å². The lowest BCUT2D eigenvalue weighted by Crippen LogP contribution is -2.60. The molecule has 0 amide bonds. The Balaban J connectivity index is 1.81. The number of aliphatic hydroxyl groups is 4. The summed E-state index contributed by atoms with van der Waals surface area (Å²) in [4.78, 5) is 0. The summed E-state index contributed by atoms with van der Waals surface area (Å²) in [6.07, 6.45) is -6.45. The average Bonchev–Trinajstić information content (AvgIpc) is 2.55. The molecule has 4 N–H and O–H groups in total. The van der Waals surface area contributed by atoms with E-state index in [1.165, 1.54) is 0 Å². The first kappa shape index (κ1) is 16.6. The van der Waals surface area contributed by atoms with Crippen molar-refractivity contribution in [2.75, 3.05) is 6.61 Å². The molecule has 5 atom stereocenters. The fourth-order valence-corrected chi connectivity index (χ4v) is 2.95. The van der Waals surface area contributed by atoms with Crippen LogP contribution in [0.5, 0.6) is 5.75 Å². The van der Waals surface area contributed by atoms with Gasteiger partial charge >= 0.3 is 0 Å². The van der Waals surface area contributed by atoms with Gasteiger partial charge < -0.3 is 29.9 Å². The molecule has 1 saturated heterocycles. The Labute approximate surface area is 141 Å². The maximum atomic E-state index is 9.98.